The van der Waals surface area contributed by atoms with Crippen molar-refractivity contribution in [3.63, 3.8) is 0 Å². The number of aryl methyl sites for hydroxylation is 4. The summed E-state index contributed by atoms with van der Waals surface area (Å²) in [6, 6.07) is 4.23. The monoisotopic (exact) mass is 298 g/mol. The summed E-state index contributed by atoms with van der Waals surface area (Å²) in [4.78, 5) is 11.9. The normalized spacial score (nSPS) is 11.1. The number of benzene rings is 1. The standard InChI is InChI=1S/C17H22N4O/c1-11-8-13(3)15(9-12(11)2)6-7-17(22)18-10-16-20-19-14(4)21(16)5/h6-9H,10H2,1-5H3,(H,18,22)/b7-6+. The van der Waals surface area contributed by atoms with Crippen molar-refractivity contribution < 1.29 is 4.79 Å². The Morgan fingerprint density at radius 1 is 1.14 bits per heavy atom. The fraction of sp³-hybridized carbons (Fsp3) is 0.353. The van der Waals surface area contributed by atoms with Gasteiger partial charge in [0.1, 0.15) is 5.82 Å². The van der Waals surface area contributed by atoms with Crippen LogP contribution >= 0.6 is 0 Å². The van der Waals surface area contributed by atoms with Crippen LogP contribution in [-0.4, -0.2) is 20.7 Å². The van der Waals surface area contributed by atoms with Crippen molar-refractivity contribution >= 4 is 12.0 Å². The zero-order valence-corrected chi connectivity index (χ0v) is 13.8. The molecule has 1 heterocycles. The van der Waals surface area contributed by atoms with Gasteiger partial charge in [0, 0.05) is 13.1 Å². The molecule has 5 nitrogen and oxygen atoms in total. The van der Waals surface area contributed by atoms with Crippen molar-refractivity contribution in [2.75, 3.05) is 0 Å². The van der Waals surface area contributed by atoms with Crippen LogP contribution in [0.5, 0.6) is 0 Å². The number of rotatable bonds is 4. The third kappa shape index (κ3) is 3.61. The first-order valence-electron chi connectivity index (χ1n) is 7.27. The Morgan fingerprint density at radius 2 is 1.82 bits per heavy atom. The molecule has 0 aliphatic heterocycles. The van der Waals surface area contributed by atoms with E-state index in [9.17, 15) is 4.79 Å². The Bertz CT molecular complexity index is 729. The van der Waals surface area contributed by atoms with E-state index in [-0.39, 0.29) is 5.91 Å². The van der Waals surface area contributed by atoms with Crippen molar-refractivity contribution in [2.45, 2.75) is 34.2 Å². The van der Waals surface area contributed by atoms with Crippen LogP contribution in [0.1, 0.15) is 33.9 Å². The van der Waals surface area contributed by atoms with Crippen LogP contribution in [0.25, 0.3) is 6.08 Å². The largest absolute Gasteiger partial charge is 0.345 e. The first-order valence-corrected chi connectivity index (χ1v) is 7.27. The molecule has 1 N–H and O–H groups in total. The van der Waals surface area contributed by atoms with Crippen LogP contribution in [0.15, 0.2) is 18.2 Å². The summed E-state index contributed by atoms with van der Waals surface area (Å²) in [5.74, 6) is 1.42. The number of nitrogens with zero attached hydrogens (tertiary/aromatic N) is 3. The number of carbonyl (C=O) groups excluding carboxylic acids is 1. The molecule has 0 unspecified atom stereocenters. The van der Waals surface area contributed by atoms with Crippen molar-refractivity contribution in [3.05, 3.63) is 52.1 Å². The Kier molecular flexibility index (Phi) is 4.75. The van der Waals surface area contributed by atoms with Crippen LogP contribution in [0.4, 0.5) is 0 Å². The van der Waals surface area contributed by atoms with E-state index in [0.29, 0.717) is 6.54 Å². The summed E-state index contributed by atoms with van der Waals surface area (Å²) in [6.07, 6.45) is 3.40. The second-order valence-electron chi connectivity index (χ2n) is 5.57. The summed E-state index contributed by atoms with van der Waals surface area (Å²) in [7, 11) is 1.88. The fourth-order valence-electron chi connectivity index (χ4n) is 2.16. The maximum absolute atomic E-state index is 11.9. The van der Waals surface area contributed by atoms with Gasteiger partial charge in [-0.3, -0.25) is 4.79 Å². The number of carbonyl (C=O) groups is 1. The van der Waals surface area contributed by atoms with Crippen molar-refractivity contribution in [2.24, 2.45) is 7.05 Å². The van der Waals surface area contributed by atoms with Gasteiger partial charge in [-0.25, -0.2) is 0 Å². The average molecular weight is 298 g/mol. The molecule has 0 atom stereocenters. The third-order valence-electron chi connectivity index (χ3n) is 3.90. The number of hydrogen-bond donors (Lipinski definition) is 1. The van der Waals surface area contributed by atoms with E-state index >= 15 is 0 Å². The highest BCUT2D eigenvalue weighted by Gasteiger charge is 2.05. The van der Waals surface area contributed by atoms with Gasteiger partial charge in [-0.05, 0) is 56.0 Å². The van der Waals surface area contributed by atoms with E-state index in [0.717, 1.165) is 22.8 Å². The minimum atomic E-state index is -0.140. The summed E-state index contributed by atoms with van der Waals surface area (Å²) >= 11 is 0. The quantitative estimate of drug-likeness (QED) is 0.882. The summed E-state index contributed by atoms with van der Waals surface area (Å²) < 4.78 is 1.86. The van der Waals surface area contributed by atoms with E-state index in [1.165, 1.54) is 11.1 Å². The minimum Gasteiger partial charge on any atom is -0.345 e. The van der Waals surface area contributed by atoms with Crippen LogP contribution in [0, 0.1) is 27.7 Å². The highest BCUT2D eigenvalue weighted by atomic mass is 16.1. The van der Waals surface area contributed by atoms with Gasteiger partial charge < -0.3 is 9.88 Å². The SMILES string of the molecule is Cc1cc(C)c(/C=C/C(=O)NCc2nnc(C)n2C)cc1C. The van der Waals surface area contributed by atoms with Gasteiger partial charge in [-0.2, -0.15) is 0 Å². The molecule has 1 aromatic carbocycles. The van der Waals surface area contributed by atoms with E-state index in [1.54, 1.807) is 6.08 Å². The molecule has 116 valence electrons. The van der Waals surface area contributed by atoms with E-state index in [2.05, 4.69) is 41.5 Å². The van der Waals surface area contributed by atoms with Crippen LogP contribution in [0.2, 0.25) is 0 Å². The third-order valence-corrected chi connectivity index (χ3v) is 3.90. The molecule has 1 amide bonds. The molecule has 2 aromatic rings. The van der Waals surface area contributed by atoms with Crippen LogP contribution < -0.4 is 5.32 Å². The van der Waals surface area contributed by atoms with Gasteiger partial charge in [-0.1, -0.05) is 12.1 Å². The summed E-state index contributed by atoms with van der Waals surface area (Å²) in [6.45, 7) is 8.45. The first kappa shape index (κ1) is 15.9. The second kappa shape index (κ2) is 6.56. The van der Waals surface area contributed by atoms with Gasteiger partial charge in [-0.15, -0.1) is 10.2 Å². The fourth-order valence-corrected chi connectivity index (χ4v) is 2.16. The first-order chi connectivity index (χ1) is 10.4. The molecule has 5 heteroatoms. The van der Waals surface area contributed by atoms with Gasteiger partial charge in [0.05, 0.1) is 6.54 Å². The zero-order chi connectivity index (χ0) is 16.3. The number of hydrogen-bond acceptors (Lipinski definition) is 3. The maximum Gasteiger partial charge on any atom is 0.244 e. The number of aromatic nitrogens is 3. The Morgan fingerprint density at radius 3 is 2.45 bits per heavy atom. The van der Waals surface area contributed by atoms with Gasteiger partial charge in [0.15, 0.2) is 5.82 Å². The van der Waals surface area contributed by atoms with Gasteiger partial charge in [0.2, 0.25) is 5.91 Å². The maximum atomic E-state index is 11.9. The lowest BCUT2D eigenvalue weighted by atomic mass is 10.0. The lowest BCUT2D eigenvalue weighted by Crippen LogP contribution is -2.22. The second-order valence-corrected chi connectivity index (χ2v) is 5.57. The molecular weight excluding hydrogens is 276 g/mol. The molecule has 1 aromatic heterocycles. The molecule has 0 spiro atoms. The predicted molar refractivity (Wildman–Crippen MR) is 87.3 cm³/mol. The van der Waals surface area contributed by atoms with E-state index in [1.807, 2.05) is 31.5 Å². The highest BCUT2D eigenvalue weighted by Crippen LogP contribution is 2.16. The van der Waals surface area contributed by atoms with Gasteiger partial charge >= 0.3 is 0 Å². The van der Waals surface area contributed by atoms with E-state index < -0.39 is 0 Å². The molecule has 0 aliphatic carbocycles. The average Bonchev–Trinajstić information content (AvgIpc) is 2.79. The molecule has 0 aliphatic rings. The molecule has 0 saturated carbocycles. The lowest BCUT2D eigenvalue weighted by molar-refractivity contribution is -0.116. The van der Waals surface area contributed by atoms with E-state index in [4.69, 9.17) is 0 Å². The van der Waals surface area contributed by atoms with Gasteiger partial charge in [0.25, 0.3) is 0 Å². The minimum absolute atomic E-state index is 0.140. The van der Waals surface area contributed by atoms with Crippen LogP contribution in [-0.2, 0) is 18.4 Å². The summed E-state index contributed by atoms with van der Waals surface area (Å²) in [5, 5.41) is 10.8. The Balaban J connectivity index is 2.00. The van der Waals surface area contributed by atoms with Crippen molar-refractivity contribution in [1.82, 2.24) is 20.1 Å². The highest BCUT2D eigenvalue weighted by molar-refractivity contribution is 5.91. The zero-order valence-electron chi connectivity index (χ0n) is 13.8. The molecule has 0 fully saturated rings. The van der Waals surface area contributed by atoms with Crippen molar-refractivity contribution in [1.29, 1.82) is 0 Å². The molecule has 0 saturated heterocycles. The molecule has 22 heavy (non-hydrogen) atoms. The summed E-state index contributed by atoms with van der Waals surface area (Å²) in [5.41, 5.74) is 4.71. The Labute approximate surface area is 131 Å². The number of amides is 1. The van der Waals surface area contributed by atoms with Crippen LogP contribution in [0.3, 0.4) is 0 Å². The number of nitrogens with one attached hydrogen (secondary N) is 1. The smallest absolute Gasteiger partial charge is 0.244 e. The molecule has 0 radical (unpaired) electrons. The Hall–Kier alpha value is -2.43. The lowest BCUT2D eigenvalue weighted by Gasteiger charge is -2.06. The predicted octanol–water partition coefficient (Wildman–Crippen LogP) is 2.38. The molecule has 2 rings (SSSR count). The molecule has 0 bridgehead atoms. The van der Waals surface area contributed by atoms with Crippen molar-refractivity contribution in [3.8, 4) is 0 Å². The topological polar surface area (TPSA) is 59.8 Å². The molecular formula is C17H22N4O.